The van der Waals surface area contributed by atoms with Crippen LogP contribution < -0.4 is 11.1 Å². The van der Waals surface area contributed by atoms with Gasteiger partial charge in [-0.25, -0.2) is 0 Å². The molecule has 3 N–H and O–H groups in total. The van der Waals surface area contributed by atoms with Gasteiger partial charge in [0.15, 0.2) is 0 Å². The zero-order valence-electron chi connectivity index (χ0n) is 16.3. The largest absolute Gasteiger partial charge is 0.366 e. The Balaban J connectivity index is 0. The van der Waals surface area contributed by atoms with Crippen LogP contribution in [-0.2, 0) is 9.59 Å². The smallest absolute Gasteiger partial charge is 0.246 e. The number of carbonyl (C=O) groups is 2. The van der Waals surface area contributed by atoms with Gasteiger partial charge in [-0.05, 0) is 74.4 Å². The molecule has 0 unspecified atom stereocenters. The van der Waals surface area contributed by atoms with Crippen molar-refractivity contribution in [2.45, 2.75) is 33.1 Å². The molecule has 6 heteroatoms. The van der Waals surface area contributed by atoms with Gasteiger partial charge in [-0.15, -0.1) is 0 Å². The number of hydrogen-bond acceptors (Lipinski definition) is 4. The van der Waals surface area contributed by atoms with Crippen LogP contribution in [0.1, 0.15) is 33.1 Å². The van der Waals surface area contributed by atoms with Gasteiger partial charge in [0, 0.05) is 17.7 Å². The molecule has 0 aromatic heterocycles. The Labute approximate surface area is 147 Å². The van der Waals surface area contributed by atoms with Crippen LogP contribution in [0.25, 0.3) is 0 Å². The van der Waals surface area contributed by atoms with E-state index in [9.17, 15) is 9.59 Å². The summed E-state index contributed by atoms with van der Waals surface area (Å²) in [6.45, 7) is 9.77. The van der Waals surface area contributed by atoms with Crippen LogP contribution in [0.2, 0.25) is 0 Å². The Kier molecular flexibility index (Phi) is 15.3. The topological polar surface area (TPSA) is 78.7 Å². The quantitative estimate of drug-likeness (QED) is 0.465. The van der Waals surface area contributed by atoms with Gasteiger partial charge in [-0.3, -0.25) is 9.59 Å². The number of hydrogen-bond donors (Lipinski definition) is 2. The molecule has 6 nitrogen and oxygen atoms in total. The van der Waals surface area contributed by atoms with Gasteiger partial charge in [-0.1, -0.05) is 12.7 Å². The number of amides is 2. The van der Waals surface area contributed by atoms with Gasteiger partial charge in [-0.2, -0.15) is 0 Å². The van der Waals surface area contributed by atoms with E-state index in [0.29, 0.717) is 11.1 Å². The average Bonchev–Trinajstić information content (AvgIpc) is 2.47. The molecule has 0 atom stereocenters. The minimum atomic E-state index is -0.320. The Hall–Kier alpha value is -1.66. The lowest BCUT2D eigenvalue weighted by atomic mass is 10.2. The van der Waals surface area contributed by atoms with Crippen molar-refractivity contribution in [3.05, 3.63) is 23.8 Å². The Morgan fingerprint density at radius 3 is 1.96 bits per heavy atom. The maximum atomic E-state index is 11.0. The van der Waals surface area contributed by atoms with Crippen molar-refractivity contribution >= 4 is 11.8 Å². The molecule has 0 aromatic rings. The molecule has 0 radical (unpaired) electrons. The van der Waals surface area contributed by atoms with Gasteiger partial charge in [0.1, 0.15) is 0 Å². The van der Waals surface area contributed by atoms with Crippen molar-refractivity contribution in [2.24, 2.45) is 5.73 Å². The zero-order valence-corrected chi connectivity index (χ0v) is 16.3. The standard InChI is InChI=1S/2C9H18N2O/c1-8(2)9(12)10-6-5-7-11(3)4;1-8(9(10)12)6-4-5-7-11(2)3/h1,5-7H2,2-4H3,(H,10,12);6H,4-5,7H2,1-3H3,(H2,10,12). The second-order valence-electron chi connectivity index (χ2n) is 6.39. The van der Waals surface area contributed by atoms with Gasteiger partial charge in [0.05, 0.1) is 0 Å². The Bertz CT molecular complexity index is 415. The van der Waals surface area contributed by atoms with E-state index >= 15 is 0 Å². The van der Waals surface area contributed by atoms with Crippen molar-refractivity contribution in [3.63, 3.8) is 0 Å². The summed E-state index contributed by atoms with van der Waals surface area (Å²) >= 11 is 0. The molecule has 140 valence electrons. The summed E-state index contributed by atoms with van der Waals surface area (Å²) in [4.78, 5) is 25.7. The van der Waals surface area contributed by atoms with Crippen LogP contribution in [0.5, 0.6) is 0 Å². The van der Waals surface area contributed by atoms with Crippen LogP contribution in [0.4, 0.5) is 0 Å². The number of nitrogens with two attached hydrogens (primary N) is 1. The number of unbranched alkanes of at least 4 members (excludes halogenated alkanes) is 1. The summed E-state index contributed by atoms with van der Waals surface area (Å²) < 4.78 is 0. The highest BCUT2D eigenvalue weighted by Gasteiger charge is 1.99. The fourth-order valence-electron chi connectivity index (χ4n) is 1.57. The maximum absolute atomic E-state index is 11.0. The van der Waals surface area contributed by atoms with Crippen molar-refractivity contribution in [1.82, 2.24) is 15.1 Å². The fraction of sp³-hybridized carbons (Fsp3) is 0.667. The number of nitrogens with zero attached hydrogens (tertiary/aromatic N) is 2. The first-order valence-electron chi connectivity index (χ1n) is 8.27. The normalized spacial score (nSPS) is 11.1. The molecule has 0 spiro atoms. The van der Waals surface area contributed by atoms with Gasteiger partial charge >= 0.3 is 0 Å². The highest BCUT2D eigenvalue weighted by Crippen LogP contribution is 1.98. The van der Waals surface area contributed by atoms with E-state index in [1.54, 1.807) is 13.8 Å². The van der Waals surface area contributed by atoms with E-state index in [1.165, 1.54) is 0 Å². The van der Waals surface area contributed by atoms with Crippen LogP contribution in [0.3, 0.4) is 0 Å². The van der Waals surface area contributed by atoms with E-state index in [-0.39, 0.29) is 11.8 Å². The molecular formula is C18H36N4O2. The molecule has 0 fully saturated rings. The number of nitrogens with one attached hydrogen (secondary N) is 1. The highest BCUT2D eigenvalue weighted by atomic mass is 16.2. The molecule has 0 saturated heterocycles. The molecule has 0 aliphatic carbocycles. The number of primary amides is 1. The van der Waals surface area contributed by atoms with Crippen LogP contribution in [-0.4, -0.2) is 69.4 Å². The Morgan fingerprint density at radius 1 is 1.04 bits per heavy atom. The molecule has 24 heavy (non-hydrogen) atoms. The molecule has 0 aliphatic rings. The number of carbonyl (C=O) groups excluding carboxylic acids is 2. The molecule has 0 aromatic carbocycles. The fourth-order valence-corrected chi connectivity index (χ4v) is 1.57. The summed E-state index contributed by atoms with van der Waals surface area (Å²) in [5.74, 6) is -0.367. The van der Waals surface area contributed by atoms with Crippen molar-refractivity contribution in [3.8, 4) is 0 Å². The Morgan fingerprint density at radius 2 is 1.54 bits per heavy atom. The molecule has 0 rings (SSSR count). The molecule has 0 saturated carbocycles. The third-order valence-corrected chi connectivity index (χ3v) is 3.10. The maximum Gasteiger partial charge on any atom is 0.246 e. The summed E-state index contributed by atoms with van der Waals surface area (Å²) in [5, 5.41) is 2.77. The molecular weight excluding hydrogens is 304 g/mol. The second kappa shape index (κ2) is 14.9. The predicted molar refractivity (Wildman–Crippen MR) is 102 cm³/mol. The summed E-state index contributed by atoms with van der Waals surface area (Å²) in [7, 11) is 8.09. The molecule has 0 aliphatic heterocycles. The van der Waals surface area contributed by atoms with Crippen molar-refractivity contribution in [2.75, 3.05) is 47.8 Å². The lowest BCUT2D eigenvalue weighted by Gasteiger charge is -2.09. The lowest BCUT2D eigenvalue weighted by Crippen LogP contribution is -2.27. The number of allylic oxidation sites excluding steroid dienone is 1. The first-order valence-corrected chi connectivity index (χ1v) is 8.27. The molecule has 2 amide bonds. The van der Waals surface area contributed by atoms with Crippen molar-refractivity contribution < 1.29 is 9.59 Å². The van der Waals surface area contributed by atoms with Gasteiger partial charge < -0.3 is 20.9 Å². The first-order chi connectivity index (χ1) is 11.1. The predicted octanol–water partition coefficient (Wildman–Crippen LogP) is 1.39. The van der Waals surface area contributed by atoms with E-state index in [2.05, 4.69) is 21.7 Å². The molecule has 0 bridgehead atoms. The van der Waals surface area contributed by atoms with Gasteiger partial charge in [0.2, 0.25) is 11.8 Å². The zero-order chi connectivity index (χ0) is 19.1. The minimum Gasteiger partial charge on any atom is -0.366 e. The van der Waals surface area contributed by atoms with Crippen molar-refractivity contribution in [1.29, 1.82) is 0 Å². The third-order valence-electron chi connectivity index (χ3n) is 3.10. The summed E-state index contributed by atoms with van der Waals surface area (Å²) in [6.07, 6.45) is 4.86. The monoisotopic (exact) mass is 340 g/mol. The summed E-state index contributed by atoms with van der Waals surface area (Å²) in [6, 6.07) is 0. The summed E-state index contributed by atoms with van der Waals surface area (Å²) in [5.41, 5.74) is 6.29. The average molecular weight is 341 g/mol. The van der Waals surface area contributed by atoms with E-state index in [4.69, 9.17) is 5.73 Å². The van der Waals surface area contributed by atoms with Crippen LogP contribution in [0, 0.1) is 0 Å². The van der Waals surface area contributed by atoms with E-state index in [0.717, 1.165) is 38.9 Å². The van der Waals surface area contributed by atoms with E-state index in [1.807, 2.05) is 34.3 Å². The first kappa shape index (κ1) is 24.6. The van der Waals surface area contributed by atoms with Crippen LogP contribution in [0.15, 0.2) is 23.8 Å². The minimum absolute atomic E-state index is 0.0474. The number of rotatable bonds is 10. The van der Waals surface area contributed by atoms with E-state index < -0.39 is 0 Å². The lowest BCUT2D eigenvalue weighted by molar-refractivity contribution is -0.117. The SMILES string of the molecule is C=C(C)C(=O)NCCCN(C)C.CC(=CCCCN(C)C)C(N)=O. The van der Waals surface area contributed by atoms with Gasteiger partial charge in [0.25, 0.3) is 0 Å². The molecule has 0 heterocycles. The van der Waals surface area contributed by atoms with Crippen LogP contribution >= 0.6 is 0 Å². The highest BCUT2D eigenvalue weighted by molar-refractivity contribution is 5.92. The third kappa shape index (κ3) is 18.4. The second-order valence-corrected chi connectivity index (χ2v) is 6.39.